The summed E-state index contributed by atoms with van der Waals surface area (Å²) in [6.07, 6.45) is 1.28. The summed E-state index contributed by atoms with van der Waals surface area (Å²) in [5.74, 6) is -1.29. The number of nitrogens with one attached hydrogen (secondary N) is 1. The van der Waals surface area contributed by atoms with Gasteiger partial charge in [-0.25, -0.2) is 0 Å². The molecule has 0 radical (unpaired) electrons. The molecule has 17 heavy (non-hydrogen) atoms. The lowest BCUT2D eigenvalue weighted by Crippen LogP contribution is -2.43. The summed E-state index contributed by atoms with van der Waals surface area (Å²) in [6, 6.07) is 0. The van der Waals surface area contributed by atoms with Gasteiger partial charge in [0.1, 0.15) is 0 Å². The van der Waals surface area contributed by atoms with E-state index in [-0.39, 0.29) is 24.9 Å². The quantitative estimate of drug-likeness (QED) is 0.701. The normalized spacial score (nSPS) is 16.1. The first-order chi connectivity index (χ1) is 7.83. The number of carbonyl (C=O) groups excluding carboxylic acids is 2. The highest BCUT2D eigenvalue weighted by molar-refractivity contribution is 5.86. The Morgan fingerprint density at radius 1 is 1.47 bits per heavy atom. The lowest BCUT2D eigenvalue weighted by Gasteiger charge is -2.21. The molecule has 1 fully saturated rings. The number of carboxylic acid groups (broad SMARTS) is 1. The van der Waals surface area contributed by atoms with Gasteiger partial charge in [-0.3, -0.25) is 14.4 Å². The van der Waals surface area contributed by atoms with Gasteiger partial charge in [-0.1, -0.05) is 0 Å². The van der Waals surface area contributed by atoms with Gasteiger partial charge < -0.3 is 15.3 Å². The topological polar surface area (TPSA) is 86.7 Å². The first-order valence-electron chi connectivity index (χ1n) is 5.61. The third kappa shape index (κ3) is 3.72. The van der Waals surface area contributed by atoms with Crippen LogP contribution in [0.3, 0.4) is 0 Å². The molecule has 0 bridgehead atoms. The minimum Gasteiger partial charge on any atom is -0.481 e. The van der Waals surface area contributed by atoms with E-state index in [1.807, 2.05) is 0 Å². The molecule has 2 N–H and O–H groups in total. The standard InChI is InChI=1S/C11H18N2O4/c1-11(2,10(16)17)7-12-8(14)6-13-5-3-4-9(13)15/h3-7H2,1-2H3,(H,12,14)(H,16,17). The first-order valence-corrected chi connectivity index (χ1v) is 5.61. The van der Waals surface area contributed by atoms with E-state index in [2.05, 4.69) is 5.32 Å². The Balaban J connectivity index is 2.35. The SMILES string of the molecule is CC(C)(CNC(=O)CN1CCCC1=O)C(=O)O. The van der Waals surface area contributed by atoms with Crippen molar-refractivity contribution in [2.45, 2.75) is 26.7 Å². The number of hydrogen-bond donors (Lipinski definition) is 2. The highest BCUT2D eigenvalue weighted by Crippen LogP contribution is 2.13. The van der Waals surface area contributed by atoms with Gasteiger partial charge in [-0.05, 0) is 20.3 Å². The van der Waals surface area contributed by atoms with E-state index >= 15 is 0 Å². The van der Waals surface area contributed by atoms with Crippen molar-refractivity contribution in [3.63, 3.8) is 0 Å². The van der Waals surface area contributed by atoms with Crippen molar-refractivity contribution < 1.29 is 19.5 Å². The predicted molar refractivity (Wildman–Crippen MR) is 60.2 cm³/mol. The Morgan fingerprint density at radius 3 is 2.59 bits per heavy atom. The summed E-state index contributed by atoms with van der Waals surface area (Å²) in [5.41, 5.74) is -0.995. The van der Waals surface area contributed by atoms with Crippen molar-refractivity contribution in [1.29, 1.82) is 0 Å². The van der Waals surface area contributed by atoms with Crippen LogP contribution in [0, 0.1) is 5.41 Å². The van der Waals surface area contributed by atoms with E-state index in [0.717, 1.165) is 6.42 Å². The number of aliphatic carboxylic acids is 1. The molecule has 1 saturated heterocycles. The summed E-state index contributed by atoms with van der Waals surface area (Å²) in [6.45, 7) is 3.76. The summed E-state index contributed by atoms with van der Waals surface area (Å²) >= 11 is 0. The van der Waals surface area contributed by atoms with Gasteiger partial charge in [0, 0.05) is 19.5 Å². The van der Waals surface area contributed by atoms with Gasteiger partial charge in [0.05, 0.1) is 12.0 Å². The smallest absolute Gasteiger partial charge is 0.310 e. The van der Waals surface area contributed by atoms with Gasteiger partial charge in [0.15, 0.2) is 0 Å². The molecule has 1 aliphatic rings. The fourth-order valence-corrected chi connectivity index (χ4v) is 1.50. The molecule has 0 aromatic rings. The van der Waals surface area contributed by atoms with Gasteiger partial charge in [-0.2, -0.15) is 0 Å². The Kier molecular flexibility index (Phi) is 4.09. The molecule has 0 aliphatic carbocycles. The third-order valence-corrected chi connectivity index (χ3v) is 2.81. The maximum atomic E-state index is 11.5. The lowest BCUT2D eigenvalue weighted by atomic mass is 9.94. The Hall–Kier alpha value is -1.59. The molecule has 6 nitrogen and oxygen atoms in total. The molecule has 0 atom stereocenters. The van der Waals surface area contributed by atoms with Crippen molar-refractivity contribution in [2.24, 2.45) is 5.41 Å². The zero-order valence-electron chi connectivity index (χ0n) is 10.2. The van der Waals surface area contributed by atoms with Gasteiger partial charge in [0.2, 0.25) is 11.8 Å². The van der Waals surface area contributed by atoms with Crippen LogP contribution in [0.2, 0.25) is 0 Å². The Bertz CT molecular complexity index is 338. The van der Waals surface area contributed by atoms with Crippen molar-refractivity contribution in [3.05, 3.63) is 0 Å². The number of amides is 2. The fraction of sp³-hybridized carbons (Fsp3) is 0.727. The van der Waals surface area contributed by atoms with E-state index in [1.54, 1.807) is 0 Å². The second-order valence-corrected chi connectivity index (χ2v) is 4.88. The Labute approximate surface area is 100.0 Å². The maximum absolute atomic E-state index is 11.5. The molecule has 1 rings (SSSR count). The fourth-order valence-electron chi connectivity index (χ4n) is 1.50. The minimum absolute atomic E-state index is 0.0161. The van der Waals surface area contributed by atoms with Gasteiger partial charge in [0.25, 0.3) is 0 Å². The van der Waals surface area contributed by atoms with E-state index in [0.29, 0.717) is 13.0 Å². The van der Waals surface area contributed by atoms with Crippen LogP contribution in [0.4, 0.5) is 0 Å². The second-order valence-electron chi connectivity index (χ2n) is 4.88. The molecule has 0 spiro atoms. The molecule has 1 aliphatic heterocycles. The summed E-state index contributed by atoms with van der Waals surface area (Å²) in [5, 5.41) is 11.4. The molecule has 2 amide bonds. The van der Waals surface area contributed by atoms with Crippen molar-refractivity contribution in [1.82, 2.24) is 10.2 Å². The summed E-state index contributed by atoms with van der Waals surface area (Å²) < 4.78 is 0. The minimum atomic E-state index is -0.995. The number of likely N-dealkylation sites (tertiary alicyclic amines) is 1. The van der Waals surface area contributed by atoms with Crippen LogP contribution in [-0.2, 0) is 14.4 Å². The van der Waals surface area contributed by atoms with E-state index in [9.17, 15) is 14.4 Å². The van der Waals surface area contributed by atoms with Crippen LogP contribution >= 0.6 is 0 Å². The molecule has 0 saturated carbocycles. The Morgan fingerprint density at radius 2 is 2.12 bits per heavy atom. The van der Waals surface area contributed by atoms with Crippen LogP contribution in [-0.4, -0.2) is 47.4 Å². The molecule has 1 heterocycles. The van der Waals surface area contributed by atoms with Crippen LogP contribution < -0.4 is 5.32 Å². The average molecular weight is 242 g/mol. The van der Waals surface area contributed by atoms with E-state index < -0.39 is 11.4 Å². The van der Waals surface area contributed by atoms with E-state index in [4.69, 9.17) is 5.11 Å². The number of rotatable bonds is 5. The van der Waals surface area contributed by atoms with Gasteiger partial charge >= 0.3 is 5.97 Å². The number of nitrogens with zero attached hydrogens (tertiary/aromatic N) is 1. The summed E-state index contributed by atoms with van der Waals surface area (Å²) in [4.78, 5) is 35.1. The molecule has 96 valence electrons. The second kappa shape index (κ2) is 5.16. The maximum Gasteiger partial charge on any atom is 0.310 e. The highest BCUT2D eigenvalue weighted by atomic mass is 16.4. The van der Waals surface area contributed by atoms with Crippen LogP contribution in [0.1, 0.15) is 26.7 Å². The van der Waals surface area contributed by atoms with Crippen molar-refractivity contribution >= 4 is 17.8 Å². The lowest BCUT2D eigenvalue weighted by molar-refractivity contribution is -0.147. The largest absolute Gasteiger partial charge is 0.481 e. The third-order valence-electron chi connectivity index (χ3n) is 2.81. The summed E-state index contributed by atoms with van der Waals surface area (Å²) in [7, 11) is 0. The zero-order valence-corrected chi connectivity index (χ0v) is 10.2. The predicted octanol–water partition coefficient (Wildman–Crippen LogP) is -0.164. The van der Waals surface area contributed by atoms with Crippen LogP contribution in [0.25, 0.3) is 0 Å². The molecule has 6 heteroatoms. The molecule has 0 aromatic carbocycles. The highest BCUT2D eigenvalue weighted by Gasteiger charge is 2.28. The van der Waals surface area contributed by atoms with Gasteiger partial charge in [-0.15, -0.1) is 0 Å². The van der Waals surface area contributed by atoms with Crippen molar-refractivity contribution in [2.75, 3.05) is 19.6 Å². The van der Waals surface area contributed by atoms with Crippen molar-refractivity contribution in [3.8, 4) is 0 Å². The zero-order chi connectivity index (χ0) is 13.1. The first kappa shape index (κ1) is 13.5. The molecule has 0 unspecified atom stereocenters. The van der Waals surface area contributed by atoms with Crippen LogP contribution in [0.15, 0.2) is 0 Å². The molecule has 0 aromatic heterocycles. The number of hydrogen-bond acceptors (Lipinski definition) is 3. The number of carboxylic acids is 1. The average Bonchev–Trinajstić information content (AvgIpc) is 2.61. The van der Waals surface area contributed by atoms with E-state index in [1.165, 1.54) is 18.7 Å². The van der Waals surface area contributed by atoms with Crippen LogP contribution in [0.5, 0.6) is 0 Å². The monoisotopic (exact) mass is 242 g/mol. The number of carbonyl (C=O) groups is 3. The molecular formula is C11H18N2O4. The molecular weight excluding hydrogens is 224 g/mol.